The molecule has 2 N–H and O–H groups in total. The first kappa shape index (κ1) is 24.6. The predicted octanol–water partition coefficient (Wildman–Crippen LogP) is 3.70. The molecule has 0 saturated carbocycles. The molecule has 2 heterocycles. The minimum atomic E-state index is -0.829. The number of anilines is 2. The van der Waals surface area contributed by atoms with Crippen LogP contribution < -0.4 is 20.3 Å². The molecule has 0 radical (unpaired) electrons. The third kappa shape index (κ3) is 6.12. The normalized spacial score (nSPS) is 14.9. The molecule has 0 bridgehead atoms. The zero-order valence-electron chi connectivity index (χ0n) is 19.2. The first-order chi connectivity index (χ1) is 16.9. The third-order valence-electron chi connectivity index (χ3n) is 5.89. The largest absolute Gasteiger partial charge is 0.495 e. The molecule has 1 saturated heterocycles. The number of benzene rings is 2. The van der Waals surface area contributed by atoms with E-state index in [4.69, 9.17) is 20.8 Å². The summed E-state index contributed by atoms with van der Waals surface area (Å²) in [4.78, 5) is 29.4. The average molecular weight is 501 g/mol. The zero-order valence-corrected chi connectivity index (χ0v) is 19.9. The van der Waals surface area contributed by atoms with Gasteiger partial charge in [0.15, 0.2) is 0 Å². The monoisotopic (exact) mass is 500 g/mol. The van der Waals surface area contributed by atoms with Gasteiger partial charge in [-0.15, -0.1) is 0 Å². The number of piperazine rings is 1. The van der Waals surface area contributed by atoms with Gasteiger partial charge in [0.2, 0.25) is 0 Å². The fourth-order valence-electron chi connectivity index (χ4n) is 4.06. The van der Waals surface area contributed by atoms with Gasteiger partial charge in [-0.3, -0.25) is 14.5 Å². The lowest BCUT2D eigenvalue weighted by Gasteiger charge is -2.39. The fourth-order valence-corrected chi connectivity index (χ4v) is 4.23. The number of carbonyl (C=O) groups excluding carboxylic acids is 2. The fraction of sp³-hybridized carbons (Fsp3) is 0.280. The summed E-state index contributed by atoms with van der Waals surface area (Å²) in [7, 11) is 1.46. The van der Waals surface area contributed by atoms with Gasteiger partial charge in [0.25, 0.3) is 0 Å². The van der Waals surface area contributed by atoms with E-state index in [0.717, 1.165) is 18.8 Å². The van der Waals surface area contributed by atoms with Crippen LogP contribution in [0.25, 0.3) is 0 Å². The summed E-state index contributed by atoms with van der Waals surface area (Å²) in [5.74, 6) is -0.794. The summed E-state index contributed by atoms with van der Waals surface area (Å²) < 4.78 is 24.1. The Morgan fingerprint density at radius 2 is 1.83 bits per heavy atom. The maximum Gasteiger partial charge on any atom is 0.313 e. The Balaban J connectivity index is 1.37. The third-order valence-corrected chi connectivity index (χ3v) is 6.13. The Morgan fingerprint density at radius 1 is 1.09 bits per heavy atom. The lowest BCUT2D eigenvalue weighted by Crippen LogP contribution is -2.50. The minimum absolute atomic E-state index is 0.184. The summed E-state index contributed by atoms with van der Waals surface area (Å²) in [6, 6.07) is 14.6. The highest BCUT2D eigenvalue weighted by Crippen LogP contribution is 2.28. The van der Waals surface area contributed by atoms with Crippen LogP contribution in [0.1, 0.15) is 11.8 Å². The first-order valence-corrected chi connectivity index (χ1v) is 11.5. The van der Waals surface area contributed by atoms with Gasteiger partial charge in [-0.1, -0.05) is 11.6 Å². The van der Waals surface area contributed by atoms with Gasteiger partial charge >= 0.3 is 11.8 Å². The van der Waals surface area contributed by atoms with Gasteiger partial charge in [0.05, 0.1) is 25.1 Å². The van der Waals surface area contributed by atoms with Gasteiger partial charge in [0.1, 0.15) is 17.3 Å². The van der Waals surface area contributed by atoms with E-state index in [1.165, 1.54) is 25.3 Å². The molecule has 3 aromatic rings. The van der Waals surface area contributed by atoms with Crippen LogP contribution in [-0.2, 0) is 9.59 Å². The zero-order chi connectivity index (χ0) is 24.8. The quantitative estimate of drug-likeness (QED) is 0.481. The van der Waals surface area contributed by atoms with Crippen molar-refractivity contribution in [3.63, 3.8) is 0 Å². The number of furan rings is 1. The van der Waals surface area contributed by atoms with Crippen LogP contribution in [0.2, 0.25) is 5.02 Å². The van der Waals surface area contributed by atoms with Crippen molar-refractivity contribution in [3.8, 4) is 5.75 Å². The van der Waals surface area contributed by atoms with Crippen LogP contribution in [0, 0.1) is 5.82 Å². The number of amides is 2. The highest BCUT2D eigenvalue weighted by Gasteiger charge is 2.28. The molecule has 1 unspecified atom stereocenters. The number of hydrogen-bond acceptors (Lipinski definition) is 6. The second-order valence-corrected chi connectivity index (χ2v) is 8.48. The number of ether oxygens (including phenoxy) is 1. The molecule has 8 nitrogen and oxygen atoms in total. The first-order valence-electron chi connectivity index (χ1n) is 11.2. The molecule has 0 aliphatic carbocycles. The van der Waals surface area contributed by atoms with E-state index in [1.54, 1.807) is 36.6 Å². The van der Waals surface area contributed by atoms with Gasteiger partial charge in [-0.25, -0.2) is 4.39 Å². The molecular formula is C25H26ClFN4O4. The number of hydrogen-bond donors (Lipinski definition) is 2. The SMILES string of the molecule is COc1ccc(Cl)cc1NC(=O)C(=O)NCC(c1ccco1)N1CCN(c2ccc(F)cc2)CC1. The number of methoxy groups -OCH3 is 1. The number of carbonyl (C=O) groups is 2. The molecule has 4 rings (SSSR count). The Bertz CT molecular complexity index is 1150. The van der Waals surface area contributed by atoms with E-state index in [-0.39, 0.29) is 18.4 Å². The molecule has 1 aliphatic rings. The van der Waals surface area contributed by atoms with Crippen LogP contribution in [0.4, 0.5) is 15.8 Å². The van der Waals surface area contributed by atoms with E-state index < -0.39 is 11.8 Å². The maximum atomic E-state index is 13.3. The van der Waals surface area contributed by atoms with Gasteiger partial charge < -0.3 is 24.7 Å². The van der Waals surface area contributed by atoms with E-state index >= 15 is 0 Å². The summed E-state index contributed by atoms with van der Waals surface area (Å²) in [6.07, 6.45) is 1.58. The number of nitrogens with one attached hydrogen (secondary N) is 2. The van der Waals surface area contributed by atoms with Crippen molar-refractivity contribution in [3.05, 3.63) is 77.5 Å². The van der Waals surface area contributed by atoms with Gasteiger partial charge in [-0.05, 0) is 54.6 Å². The average Bonchev–Trinajstić information content (AvgIpc) is 3.40. The Morgan fingerprint density at radius 3 is 2.49 bits per heavy atom. The van der Waals surface area contributed by atoms with E-state index in [1.807, 2.05) is 6.07 Å². The summed E-state index contributed by atoms with van der Waals surface area (Å²) >= 11 is 6.00. The molecule has 2 amide bonds. The van der Waals surface area contributed by atoms with Crippen molar-refractivity contribution >= 4 is 34.8 Å². The van der Waals surface area contributed by atoms with E-state index in [9.17, 15) is 14.0 Å². The molecule has 35 heavy (non-hydrogen) atoms. The van der Waals surface area contributed by atoms with Crippen LogP contribution in [-0.4, -0.2) is 56.5 Å². The van der Waals surface area contributed by atoms with Crippen molar-refractivity contribution in [1.29, 1.82) is 0 Å². The Kier molecular flexibility index (Phi) is 7.89. The maximum absolute atomic E-state index is 13.3. The van der Waals surface area contributed by atoms with Crippen molar-refractivity contribution in [1.82, 2.24) is 10.2 Å². The smallest absolute Gasteiger partial charge is 0.313 e. The van der Waals surface area contributed by atoms with Gasteiger partial charge in [-0.2, -0.15) is 0 Å². The second-order valence-electron chi connectivity index (χ2n) is 8.04. The Labute approximate surface area is 207 Å². The van der Waals surface area contributed by atoms with E-state index in [2.05, 4.69) is 20.4 Å². The standard InChI is InChI=1S/C25H26ClFN4O4/c1-34-22-9-4-17(26)15-20(22)29-25(33)24(32)28-16-21(23-3-2-14-35-23)31-12-10-30(11-13-31)19-7-5-18(27)6-8-19/h2-9,14-15,21H,10-13,16H2,1H3,(H,28,32)(H,29,33). The molecule has 0 spiro atoms. The van der Waals surface area contributed by atoms with Crippen molar-refractivity contribution < 1.29 is 23.1 Å². The Hall–Kier alpha value is -3.56. The summed E-state index contributed by atoms with van der Waals surface area (Å²) in [5.41, 5.74) is 1.27. The molecule has 184 valence electrons. The van der Waals surface area contributed by atoms with Crippen molar-refractivity contribution in [2.24, 2.45) is 0 Å². The molecular weight excluding hydrogens is 475 g/mol. The van der Waals surface area contributed by atoms with Crippen LogP contribution in [0.15, 0.2) is 65.3 Å². The number of halogens is 2. The molecule has 10 heteroatoms. The lowest BCUT2D eigenvalue weighted by molar-refractivity contribution is -0.136. The lowest BCUT2D eigenvalue weighted by atomic mass is 10.1. The van der Waals surface area contributed by atoms with E-state index in [0.29, 0.717) is 35.3 Å². The van der Waals surface area contributed by atoms with Crippen molar-refractivity contribution in [2.75, 3.05) is 50.1 Å². The van der Waals surface area contributed by atoms with Crippen molar-refractivity contribution in [2.45, 2.75) is 6.04 Å². The molecule has 1 fully saturated rings. The van der Waals surface area contributed by atoms with Gasteiger partial charge in [0, 0.05) is 43.4 Å². The molecule has 1 aliphatic heterocycles. The molecule has 2 aromatic carbocycles. The highest BCUT2D eigenvalue weighted by molar-refractivity contribution is 6.40. The molecule has 1 aromatic heterocycles. The number of nitrogens with zero attached hydrogens (tertiary/aromatic N) is 2. The number of rotatable bonds is 7. The summed E-state index contributed by atoms with van der Waals surface area (Å²) in [6.45, 7) is 3.04. The predicted molar refractivity (Wildman–Crippen MR) is 131 cm³/mol. The van der Waals surface area contributed by atoms with Crippen LogP contribution >= 0.6 is 11.6 Å². The van der Waals surface area contributed by atoms with Crippen LogP contribution in [0.5, 0.6) is 5.75 Å². The highest BCUT2D eigenvalue weighted by atomic mass is 35.5. The second kappa shape index (κ2) is 11.2. The summed E-state index contributed by atoms with van der Waals surface area (Å²) in [5, 5.41) is 5.65. The topological polar surface area (TPSA) is 87.0 Å². The van der Waals surface area contributed by atoms with Crippen LogP contribution in [0.3, 0.4) is 0 Å². The minimum Gasteiger partial charge on any atom is -0.495 e. The molecule has 1 atom stereocenters.